The molecule has 2 heterocycles. The van der Waals surface area contributed by atoms with Crippen LogP contribution < -0.4 is 5.32 Å². The van der Waals surface area contributed by atoms with E-state index in [0.29, 0.717) is 10.7 Å². The van der Waals surface area contributed by atoms with Gasteiger partial charge in [-0.2, -0.15) is 0 Å². The van der Waals surface area contributed by atoms with Gasteiger partial charge in [0.25, 0.3) is 5.91 Å². The molecule has 0 aliphatic rings. The van der Waals surface area contributed by atoms with Crippen LogP contribution >= 0.6 is 22.9 Å². The molecule has 2 aromatic carbocycles. The summed E-state index contributed by atoms with van der Waals surface area (Å²) in [6.07, 6.45) is 3.68. The largest absolute Gasteiger partial charge is 0.298 e. The van der Waals surface area contributed by atoms with Crippen LogP contribution in [-0.2, 0) is 12.8 Å². The first-order valence-electron chi connectivity index (χ1n) is 8.27. The van der Waals surface area contributed by atoms with Crippen molar-refractivity contribution in [3.63, 3.8) is 0 Å². The predicted octanol–water partition coefficient (Wildman–Crippen LogP) is 4.55. The third-order valence-electron chi connectivity index (χ3n) is 4.09. The molecular weight excluding hydrogens is 364 g/mol. The van der Waals surface area contributed by atoms with Crippen molar-refractivity contribution < 1.29 is 4.79 Å². The number of anilines is 1. The fraction of sp³-hybridized carbons (Fsp3) is 0.158. The zero-order valence-corrected chi connectivity index (χ0v) is 15.7. The lowest BCUT2D eigenvalue weighted by Gasteiger charge is -2.02. The van der Waals surface area contributed by atoms with E-state index in [1.807, 2.05) is 12.3 Å². The van der Waals surface area contributed by atoms with Gasteiger partial charge in [0.1, 0.15) is 5.52 Å². The molecule has 0 aliphatic carbocycles. The Bertz CT molecular complexity index is 1050. The van der Waals surface area contributed by atoms with E-state index in [4.69, 9.17) is 0 Å². The van der Waals surface area contributed by atoms with Gasteiger partial charge in [0.05, 0.1) is 4.70 Å². The number of carbonyl (C=O) groups is 1. The van der Waals surface area contributed by atoms with E-state index in [2.05, 4.69) is 51.1 Å². The minimum atomic E-state index is -0.187. The Balaban J connectivity index is 1.44. The first-order valence-corrected chi connectivity index (χ1v) is 9.86. The number of benzene rings is 2. The summed E-state index contributed by atoms with van der Waals surface area (Å²) < 4.78 is 4.85. The normalized spacial score (nSPS) is 11.0. The van der Waals surface area contributed by atoms with Crippen molar-refractivity contribution in [2.45, 2.75) is 19.8 Å². The molecule has 0 saturated carbocycles. The second kappa shape index (κ2) is 7.31. The minimum Gasteiger partial charge on any atom is -0.298 e. The second-order valence-electron chi connectivity index (χ2n) is 5.89. The summed E-state index contributed by atoms with van der Waals surface area (Å²) in [5.41, 5.74) is 3.86. The number of thiazole rings is 1. The first-order chi connectivity index (χ1) is 12.7. The lowest BCUT2D eigenvalue weighted by Crippen LogP contribution is -2.11. The highest BCUT2D eigenvalue weighted by atomic mass is 32.1. The van der Waals surface area contributed by atoms with Crippen molar-refractivity contribution >= 4 is 44.1 Å². The van der Waals surface area contributed by atoms with Gasteiger partial charge in [0.15, 0.2) is 5.13 Å². The van der Waals surface area contributed by atoms with Crippen molar-refractivity contribution in [1.29, 1.82) is 0 Å². The topological polar surface area (TPSA) is 67.8 Å². The fourth-order valence-electron chi connectivity index (χ4n) is 2.63. The SMILES string of the molecule is CCc1ccc(Cc2cnc(NC(=O)c3ccc4snnc4c3)s2)cc1. The van der Waals surface area contributed by atoms with E-state index in [1.54, 1.807) is 12.1 Å². The van der Waals surface area contributed by atoms with Gasteiger partial charge in [-0.05, 0) is 47.3 Å². The van der Waals surface area contributed by atoms with Crippen LogP contribution in [0.4, 0.5) is 5.13 Å². The maximum atomic E-state index is 12.4. The van der Waals surface area contributed by atoms with Crippen molar-refractivity contribution in [2.24, 2.45) is 0 Å². The highest BCUT2D eigenvalue weighted by Gasteiger charge is 2.11. The Morgan fingerprint density at radius 1 is 1.12 bits per heavy atom. The van der Waals surface area contributed by atoms with Crippen LogP contribution in [0.5, 0.6) is 0 Å². The molecular formula is C19H16N4OS2. The molecule has 130 valence electrons. The molecule has 1 N–H and O–H groups in total. The molecule has 0 aliphatic heterocycles. The van der Waals surface area contributed by atoms with E-state index in [0.717, 1.165) is 27.9 Å². The molecule has 2 aromatic heterocycles. The number of aryl methyl sites for hydroxylation is 1. The van der Waals surface area contributed by atoms with E-state index < -0.39 is 0 Å². The zero-order valence-electron chi connectivity index (χ0n) is 14.1. The van der Waals surface area contributed by atoms with Crippen LogP contribution in [0.1, 0.15) is 33.3 Å². The maximum Gasteiger partial charge on any atom is 0.257 e. The quantitative estimate of drug-likeness (QED) is 0.551. The lowest BCUT2D eigenvalue weighted by atomic mass is 10.1. The van der Waals surface area contributed by atoms with Crippen LogP contribution in [0.2, 0.25) is 0 Å². The molecule has 7 heteroatoms. The summed E-state index contributed by atoms with van der Waals surface area (Å²) in [4.78, 5) is 17.9. The van der Waals surface area contributed by atoms with Gasteiger partial charge in [0, 0.05) is 23.1 Å². The standard InChI is InChI=1S/C19H16N4OS2/c1-2-12-3-5-13(6-4-12)9-15-11-20-19(25-15)21-18(24)14-7-8-17-16(10-14)22-23-26-17/h3-8,10-11H,2,9H2,1H3,(H,20,21,24). The molecule has 0 saturated heterocycles. The first kappa shape index (κ1) is 16.8. The molecule has 0 unspecified atom stereocenters. The number of nitrogens with one attached hydrogen (secondary N) is 1. The number of hydrogen-bond acceptors (Lipinski definition) is 6. The van der Waals surface area contributed by atoms with Gasteiger partial charge in [-0.25, -0.2) is 4.98 Å². The Morgan fingerprint density at radius 3 is 2.73 bits per heavy atom. The number of nitrogens with zero attached hydrogens (tertiary/aromatic N) is 3. The molecule has 0 radical (unpaired) electrons. The molecule has 5 nitrogen and oxygen atoms in total. The van der Waals surface area contributed by atoms with Gasteiger partial charge in [-0.3, -0.25) is 10.1 Å². The summed E-state index contributed by atoms with van der Waals surface area (Å²) in [5, 5.41) is 7.47. The average molecular weight is 380 g/mol. The third kappa shape index (κ3) is 3.63. The molecule has 26 heavy (non-hydrogen) atoms. The van der Waals surface area contributed by atoms with Crippen molar-refractivity contribution in [2.75, 3.05) is 5.32 Å². The summed E-state index contributed by atoms with van der Waals surface area (Å²) in [6, 6.07) is 14.0. The third-order valence-corrected chi connectivity index (χ3v) is 5.71. The summed E-state index contributed by atoms with van der Waals surface area (Å²) in [5.74, 6) is -0.187. The second-order valence-corrected chi connectivity index (χ2v) is 7.79. The van der Waals surface area contributed by atoms with Crippen molar-refractivity contribution in [3.8, 4) is 0 Å². The lowest BCUT2D eigenvalue weighted by molar-refractivity contribution is 0.102. The van der Waals surface area contributed by atoms with Gasteiger partial charge in [-0.1, -0.05) is 35.7 Å². The Hall–Kier alpha value is -2.64. The van der Waals surface area contributed by atoms with Crippen molar-refractivity contribution in [3.05, 3.63) is 70.2 Å². The smallest absolute Gasteiger partial charge is 0.257 e. The zero-order chi connectivity index (χ0) is 17.9. The van der Waals surface area contributed by atoms with Crippen LogP contribution in [0, 0.1) is 0 Å². The van der Waals surface area contributed by atoms with Crippen LogP contribution in [0.3, 0.4) is 0 Å². The molecule has 1 amide bonds. The highest BCUT2D eigenvalue weighted by molar-refractivity contribution is 7.15. The average Bonchev–Trinajstić information content (AvgIpc) is 3.31. The van der Waals surface area contributed by atoms with Crippen molar-refractivity contribution in [1.82, 2.24) is 14.6 Å². The minimum absolute atomic E-state index is 0.187. The molecule has 0 spiro atoms. The van der Waals surface area contributed by atoms with E-state index in [9.17, 15) is 4.79 Å². The van der Waals surface area contributed by atoms with Gasteiger partial charge >= 0.3 is 0 Å². The number of fused-ring (bicyclic) bond motifs is 1. The number of rotatable bonds is 5. The number of amides is 1. The molecule has 4 aromatic rings. The van der Waals surface area contributed by atoms with E-state index >= 15 is 0 Å². The fourth-order valence-corrected chi connectivity index (χ4v) is 4.01. The summed E-state index contributed by atoms with van der Waals surface area (Å²) in [7, 11) is 0. The van der Waals surface area contributed by atoms with Gasteiger partial charge in [0.2, 0.25) is 0 Å². The molecule has 4 rings (SSSR count). The predicted molar refractivity (Wildman–Crippen MR) is 106 cm³/mol. The number of hydrogen-bond donors (Lipinski definition) is 1. The van der Waals surface area contributed by atoms with Crippen LogP contribution in [0.15, 0.2) is 48.7 Å². The van der Waals surface area contributed by atoms with Crippen LogP contribution in [-0.4, -0.2) is 20.5 Å². The van der Waals surface area contributed by atoms with Gasteiger partial charge in [-0.15, -0.1) is 16.4 Å². The van der Waals surface area contributed by atoms with Crippen LogP contribution in [0.25, 0.3) is 10.2 Å². The maximum absolute atomic E-state index is 12.4. The number of aromatic nitrogens is 3. The summed E-state index contributed by atoms with van der Waals surface area (Å²) >= 11 is 2.81. The highest BCUT2D eigenvalue weighted by Crippen LogP contribution is 2.23. The number of carbonyl (C=O) groups excluding carboxylic acids is 1. The Labute approximate surface area is 158 Å². The van der Waals surface area contributed by atoms with Gasteiger partial charge < -0.3 is 0 Å². The summed E-state index contributed by atoms with van der Waals surface area (Å²) in [6.45, 7) is 2.15. The molecule has 0 bridgehead atoms. The molecule has 0 atom stereocenters. The van der Waals surface area contributed by atoms with E-state index in [1.165, 1.54) is 34.0 Å². The Kier molecular flexibility index (Phi) is 4.73. The van der Waals surface area contributed by atoms with E-state index in [-0.39, 0.29) is 5.91 Å². The monoisotopic (exact) mass is 380 g/mol. The Morgan fingerprint density at radius 2 is 1.92 bits per heavy atom. The molecule has 0 fully saturated rings.